The Kier molecular flexibility index (Phi) is 11.8. The van der Waals surface area contributed by atoms with Crippen molar-refractivity contribution < 1.29 is 84.9 Å². The molecule has 298 valence electrons. The standard InChI is InChI=1S/C24H34N9O18P3/c1-31-10-33(21-14(31)22(37)29-8-28-21)23-17(36)15(34)11(48-23)5-46-52(38,39)50-54(42,43)51-53(40,41)47-6-12-16(35)18(45-4-3-44-2)24(49-12)32-9-30-13-19(25)26-7-27-20(13)32/h7-12,15-18,23-24,34-36H,3-6H2,1-2H3,(H5-,25,26,27,28,29,37,38,39,40,41,42,43)/p+1/t11-,12-,15?,16?,17+,18+,23-,24-/m1/s1. The molecule has 30 heteroatoms. The summed E-state index contributed by atoms with van der Waals surface area (Å²) in [6.45, 7) is -1.92. The quantitative estimate of drug-likeness (QED) is 0.0322. The number of methoxy groups -OCH3 is 1. The number of nitrogens with two attached hydrogens (primary N) is 1. The molecule has 27 nitrogen and oxygen atoms in total. The summed E-state index contributed by atoms with van der Waals surface area (Å²) in [7, 11) is -14.3. The number of anilines is 1. The molecule has 0 amide bonds. The summed E-state index contributed by atoms with van der Waals surface area (Å²) in [5.74, 6) is 0.0475. The van der Waals surface area contributed by atoms with E-state index in [4.69, 9.17) is 29.2 Å². The molecule has 0 saturated carbocycles. The maximum absolute atomic E-state index is 12.7. The lowest BCUT2D eigenvalue weighted by Crippen LogP contribution is -2.36. The first-order valence-electron chi connectivity index (χ1n) is 15.4. The average molecular weight is 831 g/mol. The van der Waals surface area contributed by atoms with Gasteiger partial charge in [0, 0.05) is 7.11 Å². The third kappa shape index (κ3) is 8.47. The molecule has 0 aromatic carbocycles. The Balaban J connectivity index is 1.06. The van der Waals surface area contributed by atoms with Crippen molar-refractivity contribution in [2.45, 2.75) is 49.1 Å². The number of ether oxygens (including phenoxy) is 4. The van der Waals surface area contributed by atoms with Gasteiger partial charge in [-0.1, -0.05) is 0 Å². The molecule has 54 heavy (non-hydrogen) atoms. The predicted molar refractivity (Wildman–Crippen MR) is 172 cm³/mol. The second kappa shape index (κ2) is 15.8. The first kappa shape index (κ1) is 40.5. The summed E-state index contributed by atoms with van der Waals surface area (Å²) >= 11 is 0. The van der Waals surface area contributed by atoms with Gasteiger partial charge in [0.05, 0.1) is 46.1 Å². The molecule has 4 aromatic rings. The molecule has 0 aliphatic carbocycles. The zero-order valence-electron chi connectivity index (χ0n) is 27.9. The number of nitrogens with one attached hydrogen (secondary N) is 1. The van der Waals surface area contributed by atoms with E-state index in [0.717, 1.165) is 12.7 Å². The van der Waals surface area contributed by atoms with Gasteiger partial charge in [-0.3, -0.25) is 18.4 Å². The molecule has 0 radical (unpaired) electrons. The highest BCUT2D eigenvalue weighted by Gasteiger charge is 2.51. The van der Waals surface area contributed by atoms with Crippen LogP contribution in [0, 0.1) is 0 Å². The highest BCUT2D eigenvalue weighted by atomic mass is 31.3. The number of aliphatic hydroxyl groups excluding tert-OH is 3. The van der Waals surface area contributed by atoms with Crippen LogP contribution >= 0.6 is 23.5 Å². The van der Waals surface area contributed by atoms with Crippen LogP contribution in [0.5, 0.6) is 0 Å². The number of phosphoric ester groups is 2. The third-order valence-corrected chi connectivity index (χ3v) is 12.4. The van der Waals surface area contributed by atoms with E-state index in [-0.39, 0.29) is 41.4 Å². The molecular weight excluding hydrogens is 795 g/mol. The van der Waals surface area contributed by atoms with E-state index >= 15 is 0 Å². The molecular formula is C24H35N9O18P3+. The number of nitrogens with zero attached hydrogens (tertiary/aromatic N) is 7. The third-order valence-electron chi connectivity index (χ3n) is 8.10. The zero-order chi connectivity index (χ0) is 39.2. The Labute approximate surface area is 301 Å². The van der Waals surface area contributed by atoms with Gasteiger partial charge in [0.1, 0.15) is 48.5 Å². The molecule has 0 bridgehead atoms. The van der Waals surface area contributed by atoms with Gasteiger partial charge in [-0.2, -0.15) is 18.2 Å². The number of rotatable bonds is 16. The van der Waals surface area contributed by atoms with Crippen molar-refractivity contribution in [1.29, 1.82) is 0 Å². The summed E-state index contributed by atoms with van der Waals surface area (Å²) in [4.78, 5) is 61.1. The maximum Gasteiger partial charge on any atom is 0.490 e. The Morgan fingerprint density at radius 3 is 2.19 bits per heavy atom. The van der Waals surface area contributed by atoms with Crippen molar-refractivity contribution in [2.75, 3.05) is 39.3 Å². The SMILES string of the molecule is COCCO[C@H]1C(O)[C@@H](COP(=O)(O)OP(=O)(O)OP(=O)(O)OC[C@H]2O[C@@H](n3c[n+](C)c4c(=O)[nH]cnc43)[C@@H](O)C2O)O[C@H]1n1cnc2c(N)ncnc21. The number of nitrogen functional groups attached to an aromatic ring is 1. The van der Waals surface area contributed by atoms with E-state index < -0.39 is 91.3 Å². The van der Waals surface area contributed by atoms with Gasteiger partial charge >= 0.3 is 29.0 Å². The van der Waals surface area contributed by atoms with Crippen molar-refractivity contribution in [3.8, 4) is 0 Å². The summed E-state index contributed by atoms with van der Waals surface area (Å²) < 4.78 is 81.5. The lowest BCUT2D eigenvalue weighted by Gasteiger charge is -2.22. The molecule has 2 aliphatic rings. The summed E-state index contributed by atoms with van der Waals surface area (Å²) in [5.41, 5.74) is 5.88. The number of aliphatic hydroxyl groups is 3. The zero-order valence-corrected chi connectivity index (χ0v) is 30.6. The summed E-state index contributed by atoms with van der Waals surface area (Å²) in [5, 5.41) is 32.1. The minimum Gasteiger partial charge on any atom is -0.387 e. The topological polar surface area (TPSA) is 371 Å². The van der Waals surface area contributed by atoms with E-state index in [1.54, 1.807) is 0 Å². The van der Waals surface area contributed by atoms with Gasteiger partial charge in [0.15, 0.2) is 17.7 Å². The van der Waals surface area contributed by atoms with E-state index in [0.29, 0.717) is 0 Å². The second-order valence-electron chi connectivity index (χ2n) is 11.7. The van der Waals surface area contributed by atoms with Crippen LogP contribution in [-0.2, 0) is 57.4 Å². The van der Waals surface area contributed by atoms with Crippen LogP contribution in [0.3, 0.4) is 0 Å². The monoisotopic (exact) mass is 830 g/mol. The van der Waals surface area contributed by atoms with Crippen LogP contribution in [0.4, 0.5) is 5.82 Å². The fraction of sp³-hybridized carbons (Fsp3) is 0.583. The van der Waals surface area contributed by atoms with Crippen LogP contribution < -0.4 is 15.9 Å². The molecule has 0 spiro atoms. The number of hydrogen-bond donors (Lipinski definition) is 8. The van der Waals surface area contributed by atoms with E-state index in [2.05, 4.69) is 38.1 Å². The van der Waals surface area contributed by atoms with Crippen molar-refractivity contribution in [1.82, 2.24) is 34.1 Å². The molecule has 4 aromatic heterocycles. The van der Waals surface area contributed by atoms with Crippen LogP contribution in [0.15, 0.2) is 30.1 Å². The molecule has 2 fully saturated rings. The van der Waals surface area contributed by atoms with E-state index in [1.165, 1.54) is 40.5 Å². The lowest BCUT2D eigenvalue weighted by atomic mass is 10.1. The van der Waals surface area contributed by atoms with Gasteiger partial charge < -0.3 is 59.7 Å². The van der Waals surface area contributed by atoms with Crippen molar-refractivity contribution >= 4 is 51.6 Å². The van der Waals surface area contributed by atoms with Gasteiger partial charge in [-0.05, 0) is 0 Å². The van der Waals surface area contributed by atoms with Gasteiger partial charge in [0.25, 0.3) is 11.2 Å². The van der Waals surface area contributed by atoms with E-state index in [1.807, 2.05) is 0 Å². The number of phosphoric acid groups is 3. The van der Waals surface area contributed by atoms with E-state index in [9.17, 15) is 48.5 Å². The molecule has 9 N–H and O–H groups in total. The molecule has 11 atom stereocenters. The first-order valence-corrected chi connectivity index (χ1v) is 19.9. The van der Waals surface area contributed by atoms with Gasteiger partial charge in [0.2, 0.25) is 12.6 Å². The smallest absolute Gasteiger partial charge is 0.387 e. The van der Waals surface area contributed by atoms with Crippen molar-refractivity contribution in [3.63, 3.8) is 0 Å². The van der Waals surface area contributed by atoms with Crippen LogP contribution in [0.1, 0.15) is 12.5 Å². The van der Waals surface area contributed by atoms with Gasteiger partial charge in [-0.25, -0.2) is 33.2 Å². The van der Waals surface area contributed by atoms with Gasteiger partial charge in [-0.15, -0.1) is 0 Å². The number of aromatic amines is 1. The number of imidazole rings is 2. The molecule has 6 rings (SSSR count). The number of fused-ring (bicyclic) bond motifs is 2. The molecule has 6 heterocycles. The minimum absolute atomic E-state index is 0.0265. The van der Waals surface area contributed by atoms with Crippen molar-refractivity contribution in [3.05, 3.63) is 35.7 Å². The molecule has 2 aliphatic heterocycles. The largest absolute Gasteiger partial charge is 0.490 e. The summed E-state index contributed by atoms with van der Waals surface area (Å²) in [6.07, 6.45) is -6.86. The highest BCUT2D eigenvalue weighted by molar-refractivity contribution is 7.66. The minimum atomic E-state index is -5.96. The Hall–Kier alpha value is -3.17. The average Bonchev–Trinajstić information content (AvgIpc) is 3.82. The molecule has 5 unspecified atom stereocenters. The predicted octanol–water partition coefficient (Wildman–Crippen LogP) is -2.75. The second-order valence-corrected chi connectivity index (χ2v) is 16.3. The Morgan fingerprint density at radius 1 is 0.870 bits per heavy atom. The highest BCUT2D eigenvalue weighted by Crippen LogP contribution is 2.68. The van der Waals surface area contributed by atoms with Crippen LogP contribution in [0.2, 0.25) is 0 Å². The van der Waals surface area contributed by atoms with Crippen molar-refractivity contribution in [2.24, 2.45) is 7.05 Å². The lowest BCUT2D eigenvalue weighted by molar-refractivity contribution is -0.646. The fourth-order valence-electron chi connectivity index (χ4n) is 5.71. The first-order chi connectivity index (χ1) is 25.4. The molecule has 2 saturated heterocycles. The number of H-pyrrole nitrogens is 1. The Morgan fingerprint density at radius 2 is 1.52 bits per heavy atom. The number of aromatic nitrogens is 8. The maximum atomic E-state index is 12.7. The normalized spacial score (nSPS) is 29.4. The number of hydrogen-bond acceptors (Lipinski definition) is 20. The van der Waals surface area contributed by atoms with Crippen LogP contribution in [-0.4, -0.2) is 134 Å². The summed E-state index contributed by atoms with van der Waals surface area (Å²) in [6, 6.07) is 0. The van der Waals surface area contributed by atoms with Crippen LogP contribution in [0.25, 0.3) is 22.3 Å². The number of aryl methyl sites for hydroxylation is 1. The Bertz CT molecular complexity index is 2190. The fourth-order valence-corrected chi connectivity index (χ4v) is 9.24.